The third-order valence-corrected chi connectivity index (χ3v) is 3.90. The number of benzene rings is 2. The first-order valence-electron chi connectivity index (χ1n) is 6.87. The monoisotopic (exact) mass is 347 g/mol. The van der Waals surface area contributed by atoms with E-state index in [0.29, 0.717) is 16.5 Å². The molecule has 3 rings (SSSR count). The Morgan fingerprint density at radius 3 is 2.08 bits per heavy atom. The normalized spacial score (nSPS) is 11.6. The van der Waals surface area contributed by atoms with Crippen LogP contribution in [-0.2, 0) is 10.1 Å². The zero-order valence-corrected chi connectivity index (χ0v) is 13.7. The van der Waals surface area contributed by atoms with E-state index in [-0.39, 0.29) is 15.5 Å². The van der Waals surface area contributed by atoms with Gasteiger partial charge < -0.3 is 4.74 Å². The highest BCUT2D eigenvalue weighted by atomic mass is 32.2. The molecule has 0 atom stereocenters. The van der Waals surface area contributed by atoms with Crippen LogP contribution >= 0.6 is 0 Å². The lowest BCUT2D eigenvalue weighted by molar-refractivity contribution is 0.264. The molecule has 3 aromatic rings. The first kappa shape index (κ1) is 16.0. The van der Waals surface area contributed by atoms with Gasteiger partial charge in [0, 0.05) is 0 Å². The summed E-state index contributed by atoms with van der Waals surface area (Å²) in [5.74, 6) is 0.397. The van der Waals surface area contributed by atoms with Gasteiger partial charge in [-0.15, -0.1) is 0 Å². The van der Waals surface area contributed by atoms with Crippen molar-refractivity contribution in [2.24, 2.45) is 0 Å². The minimum Gasteiger partial charge on any atom is -0.497 e. The van der Waals surface area contributed by atoms with E-state index < -0.39 is 21.2 Å². The van der Waals surface area contributed by atoms with Crippen LogP contribution in [0, 0.1) is 0 Å². The summed E-state index contributed by atoms with van der Waals surface area (Å²) in [6.45, 7) is 0. The Bertz CT molecular complexity index is 1180. The molecule has 0 aliphatic rings. The molecule has 0 saturated heterocycles. The lowest BCUT2D eigenvalue weighted by Crippen LogP contribution is -2.38. The number of aromatic nitrogens is 1. The van der Waals surface area contributed by atoms with Crippen molar-refractivity contribution >= 4 is 31.7 Å². The van der Waals surface area contributed by atoms with Crippen molar-refractivity contribution in [2.45, 2.75) is 0 Å². The van der Waals surface area contributed by atoms with Crippen molar-refractivity contribution in [1.82, 2.24) is 4.73 Å². The van der Waals surface area contributed by atoms with Gasteiger partial charge in [0.1, 0.15) is 5.75 Å². The number of rotatable bonds is 3. The molecule has 2 aromatic carbocycles. The molecular formula is C16H13NO6S. The minimum atomic E-state index is -4.07. The second kappa shape index (κ2) is 5.64. The number of hydrogen-bond acceptors (Lipinski definition) is 6. The van der Waals surface area contributed by atoms with Gasteiger partial charge in [0.05, 0.1) is 24.1 Å². The molecule has 0 unspecified atom stereocenters. The fourth-order valence-electron chi connectivity index (χ4n) is 2.48. The first-order chi connectivity index (χ1) is 11.3. The number of fused-ring (bicyclic) bond motifs is 3. The van der Waals surface area contributed by atoms with E-state index in [1.165, 1.54) is 19.2 Å². The van der Waals surface area contributed by atoms with Crippen LogP contribution in [0.15, 0.2) is 52.1 Å². The number of ether oxygens (including phenoxy) is 1. The molecule has 0 bridgehead atoms. The maximum absolute atomic E-state index is 12.7. The van der Waals surface area contributed by atoms with Gasteiger partial charge in [-0.25, -0.2) is 0 Å². The highest BCUT2D eigenvalue weighted by Crippen LogP contribution is 2.23. The lowest BCUT2D eigenvalue weighted by Gasteiger charge is -2.02. The molecule has 0 radical (unpaired) electrons. The summed E-state index contributed by atoms with van der Waals surface area (Å²) in [5, 5.41) is 1.27. The van der Waals surface area contributed by atoms with E-state index >= 15 is 0 Å². The molecule has 7 nitrogen and oxygen atoms in total. The molecule has 0 N–H and O–H groups in total. The Morgan fingerprint density at radius 1 is 0.875 bits per heavy atom. The van der Waals surface area contributed by atoms with Crippen LogP contribution in [0.3, 0.4) is 0 Å². The maximum atomic E-state index is 12.7. The molecule has 0 fully saturated rings. The van der Waals surface area contributed by atoms with E-state index in [1.807, 2.05) is 0 Å². The molecule has 124 valence electrons. The SMILES string of the molecule is COc1ccc2c(c1)c(=O)n(OS(C)(=O)=O)c(=O)c1ccccc12. The van der Waals surface area contributed by atoms with Crippen molar-refractivity contribution in [3.05, 3.63) is 63.2 Å². The molecular weight excluding hydrogens is 334 g/mol. The largest absolute Gasteiger partial charge is 0.497 e. The van der Waals surface area contributed by atoms with Crippen LogP contribution in [0.1, 0.15) is 0 Å². The molecule has 1 aromatic heterocycles. The van der Waals surface area contributed by atoms with E-state index in [4.69, 9.17) is 4.74 Å². The van der Waals surface area contributed by atoms with Crippen molar-refractivity contribution in [3.63, 3.8) is 0 Å². The van der Waals surface area contributed by atoms with E-state index in [1.54, 1.807) is 30.3 Å². The van der Waals surface area contributed by atoms with Crippen LogP contribution in [0.25, 0.3) is 21.5 Å². The maximum Gasteiger partial charge on any atom is 0.324 e. The van der Waals surface area contributed by atoms with Crippen LogP contribution in [0.2, 0.25) is 0 Å². The zero-order valence-electron chi connectivity index (χ0n) is 12.8. The van der Waals surface area contributed by atoms with Gasteiger partial charge in [-0.3, -0.25) is 13.9 Å². The van der Waals surface area contributed by atoms with Crippen molar-refractivity contribution < 1.29 is 17.4 Å². The first-order valence-corrected chi connectivity index (χ1v) is 8.69. The average Bonchev–Trinajstić information content (AvgIpc) is 2.64. The third kappa shape index (κ3) is 2.71. The Hall–Kier alpha value is -2.87. The molecule has 1 heterocycles. The Morgan fingerprint density at radius 2 is 1.46 bits per heavy atom. The van der Waals surface area contributed by atoms with Gasteiger partial charge in [0.25, 0.3) is 11.1 Å². The summed E-state index contributed by atoms with van der Waals surface area (Å²) < 4.78 is 32.9. The molecule has 0 saturated carbocycles. The minimum absolute atomic E-state index is 0.108. The molecule has 0 aliphatic heterocycles. The van der Waals surface area contributed by atoms with Gasteiger partial charge in [-0.05, 0) is 35.0 Å². The van der Waals surface area contributed by atoms with E-state index in [2.05, 4.69) is 4.28 Å². The van der Waals surface area contributed by atoms with Gasteiger partial charge in [0.2, 0.25) is 0 Å². The molecule has 0 amide bonds. The second-order valence-corrected chi connectivity index (χ2v) is 6.70. The Balaban J connectivity index is 2.64. The highest BCUT2D eigenvalue weighted by molar-refractivity contribution is 7.86. The quantitative estimate of drug-likeness (QED) is 0.699. The van der Waals surface area contributed by atoms with Crippen molar-refractivity contribution in [2.75, 3.05) is 13.4 Å². The average molecular weight is 347 g/mol. The number of hydrogen-bond donors (Lipinski definition) is 0. The Labute approximate surface area is 136 Å². The van der Waals surface area contributed by atoms with Crippen molar-refractivity contribution in [3.8, 4) is 5.75 Å². The van der Waals surface area contributed by atoms with Gasteiger partial charge in [-0.2, -0.15) is 8.42 Å². The molecule has 24 heavy (non-hydrogen) atoms. The van der Waals surface area contributed by atoms with Gasteiger partial charge in [-0.1, -0.05) is 22.9 Å². The topological polar surface area (TPSA) is 91.7 Å². The van der Waals surface area contributed by atoms with Crippen LogP contribution < -0.4 is 20.1 Å². The lowest BCUT2D eigenvalue weighted by atomic mass is 10.1. The molecule has 0 aliphatic carbocycles. The Kier molecular flexibility index (Phi) is 3.76. The fraction of sp³-hybridized carbons (Fsp3) is 0.125. The predicted octanol–water partition coefficient (Wildman–Crippen LogP) is 0.912. The van der Waals surface area contributed by atoms with Gasteiger partial charge >= 0.3 is 10.1 Å². The summed E-state index contributed by atoms with van der Waals surface area (Å²) >= 11 is 0. The summed E-state index contributed by atoms with van der Waals surface area (Å²) in [6.07, 6.45) is 0.761. The smallest absolute Gasteiger partial charge is 0.324 e. The van der Waals surface area contributed by atoms with Crippen molar-refractivity contribution in [1.29, 1.82) is 0 Å². The summed E-state index contributed by atoms with van der Waals surface area (Å²) in [4.78, 5) is 25.4. The summed E-state index contributed by atoms with van der Waals surface area (Å²) in [5.41, 5.74) is -1.73. The highest BCUT2D eigenvalue weighted by Gasteiger charge is 2.15. The van der Waals surface area contributed by atoms with E-state index in [9.17, 15) is 18.0 Å². The van der Waals surface area contributed by atoms with Crippen LogP contribution in [0.5, 0.6) is 5.75 Å². The third-order valence-electron chi connectivity index (χ3n) is 3.48. The molecule has 8 heteroatoms. The zero-order chi connectivity index (χ0) is 17.5. The fourth-order valence-corrected chi connectivity index (χ4v) is 2.89. The number of nitrogens with zero attached hydrogens (tertiary/aromatic N) is 1. The van der Waals surface area contributed by atoms with Gasteiger partial charge in [0.15, 0.2) is 0 Å². The number of methoxy groups -OCH3 is 1. The summed E-state index contributed by atoms with van der Waals surface area (Å²) in [7, 11) is -2.64. The van der Waals surface area contributed by atoms with Crippen LogP contribution in [-0.4, -0.2) is 26.5 Å². The summed E-state index contributed by atoms with van der Waals surface area (Å²) in [6, 6.07) is 11.2. The van der Waals surface area contributed by atoms with Crippen LogP contribution in [0.4, 0.5) is 0 Å². The van der Waals surface area contributed by atoms with E-state index in [0.717, 1.165) is 6.26 Å². The second-order valence-electron chi connectivity index (χ2n) is 5.14. The standard InChI is InChI=1S/C16H13NO6S/c1-22-10-7-8-12-11-5-3-4-6-13(11)15(18)17(23-24(2,20)21)16(19)14(12)9-10/h3-9H,1-2H3. The molecule has 0 spiro atoms. The predicted molar refractivity (Wildman–Crippen MR) is 90.0 cm³/mol.